The van der Waals surface area contributed by atoms with Gasteiger partial charge in [0.25, 0.3) is 5.69 Å². The molecule has 1 aromatic carbocycles. The first-order valence-electron chi connectivity index (χ1n) is 4.66. The first-order chi connectivity index (χ1) is 7.95. The molecule has 0 atom stereocenters. The Bertz CT molecular complexity index is 496. The zero-order valence-electron chi connectivity index (χ0n) is 9.27. The highest BCUT2D eigenvalue weighted by Gasteiger charge is 2.13. The Kier molecular flexibility index (Phi) is 4.23. The monoisotopic (exact) mass is 255 g/mol. The summed E-state index contributed by atoms with van der Waals surface area (Å²) in [7, 11) is 1.27. The molecule has 0 aliphatic carbocycles. The van der Waals surface area contributed by atoms with Crippen molar-refractivity contribution in [2.45, 2.75) is 6.92 Å². The number of hydrogen-bond donors (Lipinski definition) is 0. The van der Waals surface area contributed by atoms with Crippen molar-refractivity contribution >= 4 is 29.3 Å². The predicted molar refractivity (Wildman–Crippen MR) is 63.9 cm³/mol. The number of benzene rings is 1. The largest absolute Gasteiger partial charge is 0.466 e. The Morgan fingerprint density at radius 1 is 1.53 bits per heavy atom. The van der Waals surface area contributed by atoms with E-state index in [1.807, 2.05) is 0 Å². The smallest absolute Gasteiger partial charge is 0.330 e. The number of nitro groups is 1. The van der Waals surface area contributed by atoms with Crippen molar-refractivity contribution in [3.05, 3.63) is 44.5 Å². The molecule has 0 aliphatic heterocycles. The Balaban J connectivity index is 3.12. The second-order valence-electron chi connectivity index (χ2n) is 3.27. The lowest BCUT2D eigenvalue weighted by atomic mass is 10.1. The van der Waals surface area contributed by atoms with Crippen molar-refractivity contribution in [2.24, 2.45) is 0 Å². The molecule has 1 aromatic rings. The van der Waals surface area contributed by atoms with Crippen molar-refractivity contribution in [2.75, 3.05) is 7.11 Å². The second-order valence-corrected chi connectivity index (χ2v) is 3.68. The van der Waals surface area contributed by atoms with Crippen LogP contribution in [-0.4, -0.2) is 18.0 Å². The average molecular weight is 256 g/mol. The maximum atomic E-state index is 10.9. The number of aryl methyl sites for hydroxylation is 1. The van der Waals surface area contributed by atoms with E-state index in [9.17, 15) is 14.9 Å². The van der Waals surface area contributed by atoms with E-state index < -0.39 is 10.9 Å². The van der Waals surface area contributed by atoms with E-state index in [-0.39, 0.29) is 10.7 Å². The standard InChI is InChI=1S/C11H10ClNO4/c1-7-5-10(13(15)16)9(12)6-8(7)3-4-11(14)17-2/h3-6H,1-2H3. The van der Waals surface area contributed by atoms with Gasteiger partial charge in [0.05, 0.1) is 12.0 Å². The Labute approximate surface area is 103 Å². The summed E-state index contributed by atoms with van der Waals surface area (Å²) in [6.45, 7) is 1.69. The highest BCUT2D eigenvalue weighted by atomic mass is 35.5. The van der Waals surface area contributed by atoms with E-state index in [1.165, 1.54) is 31.4 Å². The quantitative estimate of drug-likeness (QED) is 0.360. The molecule has 0 aliphatic rings. The molecule has 0 aromatic heterocycles. The predicted octanol–water partition coefficient (Wildman–Crippen LogP) is 2.74. The van der Waals surface area contributed by atoms with Gasteiger partial charge in [0.15, 0.2) is 0 Å². The molecule has 1 rings (SSSR count). The van der Waals surface area contributed by atoms with Crippen LogP contribution in [-0.2, 0) is 9.53 Å². The molecule has 0 unspecified atom stereocenters. The van der Waals surface area contributed by atoms with Crippen LogP contribution in [0.25, 0.3) is 6.08 Å². The van der Waals surface area contributed by atoms with E-state index in [0.717, 1.165) is 0 Å². The molecule has 0 heterocycles. The zero-order chi connectivity index (χ0) is 13.0. The summed E-state index contributed by atoms with van der Waals surface area (Å²) in [5.41, 5.74) is 1.13. The highest BCUT2D eigenvalue weighted by Crippen LogP contribution is 2.28. The van der Waals surface area contributed by atoms with E-state index >= 15 is 0 Å². The summed E-state index contributed by atoms with van der Waals surface area (Å²) >= 11 is 5.75. The van der Waals surface area contributed by atoms with Gasteiger partial charge < -0.3 is 4.74 Å². The summed E-state index contributed by atoms with van der Waals surface area (Å²) in [5.74, 6) is -0.501. The minimum atomic E-state index is -0.552. The lowest BCUT2D eigenvalue weighted by molar-refractivity contribution is -0.384. The van der Waals surface area contributed by atoms with Crippen LogP contribution in [0.1, 0.15) is 11.1 Å². The van der Waals surface area contributed by atoms with E-state index in [4.69, 9.17) is 11.6 Å². The number of rotatable bonds is 3. The maximum Gasteiger partial charge on any atom is 0.330 e. The molecule has 90 valence electrons. The third-order valence-corrected chi connectivity index (χ3v) is 2.44. The Morgan fingerprint density at radius 3 is 2.71 bits per heavy atom. The molecule has 0 saturated carbocycles. The van der Waals surface area contributed by atoms with E-state index in [2.05, 4.69) is 4.74 Å². The lowest BCUT2D eigenvalue weighted by Gasteiger charge is -2.02. The molecule has 0 N–H and O–H groups in total. The third-order valence-electron chi connectivity index (χ3n) is 2.13. The Hall–Kier alpha value is -1.88. The molecular weight excluding hydrogens is 246 g/mol. The number of nitro benzene ring substituents is 1. The fourth-order valence-electron chi connectivity index (χ4n) is 1.23. The molecule has 0 fully saturated rings. The summed E-state index contributed by atoms with van der Waals surface area (Å²) in [5, 5.41) is 10.7. The first-order valence-corrected chi connectivity index (χ1v) is 5.04. The topological polar surface area (TPSA) is 69.4 Å². The van der Waals surface area contributed by atoms with Gasteiger partial charge in [0.2, 0.25) is 0 Å². The van der Waals surface area contributed by atoms with Crippen molar-refractivity contribution < 1.29 is 14.5 Å². The van der Waals surface area contributed by atoms with Crippen molar-refractivity contribution in [1.29, 1.82) is 0 Å². The molecule has 0 amide bonds. The maximum absolute atomic E-state index is 10.9. The summed E-state index contributed by atoms with van der Waals surface area (Å²) < 4.78 is 4.44. The van der Waals surface area contributed by atoms with Crippen LogP contribution in [0.3, 0.4) is 0 Å². The molecule has 6 heteroatoms. The van der Waals surface area contributed by atoms with Gasteiger partial charge in [-0.25, -0.2) is 4.79 Å². The number of carbonyl (C=O) groups excluding carboxylic acids is 1. The van der Waals surface area contributed by atoms with Gasteiger partial charge in [0.1, 0.15) is 5.02 Å². The molecule has 0 saturated heterocycles. The minimum Gasteiger partial charge on any atom is -0.466 e. The molecule has 5 nitrogen and oxygen atoms in total. The van der Waals surface area contributed by atoms with Crippen LogP contribution >= 0.6 is 11.6 Å². The lowest BCUT2D eigenvalue weighted by Crippen LogP contribution is -1.95. The van der Waals surface area contributed by atoms with Crippen molar-refractivity contribution in [3.63, 3.8) is 0 Å². The van der Waals surface area contributed by atoms with Gasteiger partial charge in [-0.2, -0.15) is 0 Å². The van der Waals surface area contributed by atoms with E-state index in [0.29, 0.717) is 11.1 Å². The van der Waals surface area contributed by atoms with Crippen molar-refractivity contribution in [3.8, 4) is 0 Å². The van der Waals surface area contributed by atoms with E-state index in [1.54, 1.807) is 6.92 Å². The molecular formula is C11H10ClNO4. The number of esters is 1. The second kappa shape index (κ2) is 5.45. The number of nitrogens with zero attached hydrogens (tertiary/aromatic N) is 1. The molecule has 17 heavy (non-hydrogen) atoms. The van der Waals surface area contributed by atoms with Crippen LogP contribution in [0.2, 0.25) is 5.02 Å². The summed E-state index contributed by atoms with van der Waals surface area (Å²) in [6, 6.07) is 2.80. The van der Waals surface area contributed by atoms with Gasteiger partial charge in [-0.1, -0.05) is 11.6 Å². The average Bonchev–Trinajstić information content (AvgIpc) is 2.28. The normalized spacial score (nSPS) is 10.5. The number of hydrogen-bond acceptors (Lipinski definition) is 4. The number of ether oxygens (including phenoxy) is 1. The SMILES string of the molecule is COC(=O)C=Cc1cc(Cl)c([N+](=O)[O-])cc1C. The number of halogens is 1. The molecule has 0 spiro atoms. The molecule has 0 radical (unpaired) electrons. The fraction of sp³-hybridized carbons (Fsp3) is 0.182. The van der Waals surface area contributed by atoms with Crippen LogP contribution in [0.15, 0.2) is 18.2 Å². The van der Waals surface area contributed by atoms with Gasteiger partial charge in [-0.3, -0.25) is 10.1 Å². The fourth-order valence-corrected chi connectivity index (χ4v) is 1.47. The summed E-state index contributed by atoms with van der Waals surface area (Å²) in [4.78, 5) is 21.0. The van der Waals surface area contributed by atoms with Gasteiger partial charge in [-0.15, -0.1) is 0 Å². The van der Waals surface area contributed by atoms with Crippen LogP contribution < -0.4 is 0 Å². The van der Waals surface area contributed by atoms with Crippen LogP contribution in [0.5, 0.6) is 0 Å². The van der Waals surface area contributed by atoms with Gasteiger partial charge >= 0.3 is 5.97 Å². The molecule has 0 bridgehead atoms. The highest BCUT2D eigenvalue weighted by molar-refractivity contribution is 6.32. The van der Waals surface area contributed by atoms with Crippen LogP contribution in [0.4, 0.5) is 5.69 Å². The number of methoxy groups -OCH3 is 1. The van der Waals surface area contributed by atoms with Gasteiger partial charge in [-0.05, 0) is 30.2 Å². The van der Waals surface area contributed by atoms with Crippen molar-refractivity contribution in [1.82, 2.24) is 0 Å². The third kappa shape index (κ3) is 3.29. The Morgan fingerprint density at radius 2 is 2.18 bits per heavy atom. The summed E-state index contributed by atoms with van der Waals surface area (Å²) in [6.07, 6.45) is 2.72. The van der Waals surface area contributed by atoms with Gasteiger partial charge in [0, 0.05) is 12.1 Å². The first kappa shape index (κ1) is 13.2. The van der Waals surface area contributed by atoms with Crippen LogP contribution in [0, 0.1) is 17.0 Å². The number of carbonyl (C=O) groups is 1. The zero-order valence-corrected chi connectivity index (χ0v) is 10.0. The minimum absolute atomic E-state index is 0.0325.